The van der Waals surface area contributed by atoms with Crippen molar-refractivity contribution in [1.29, 1.82) is 0 Å². The quantitative estimate of drug-likeness (QED) is 0.779. The number of carbonyl (C=O) groups excluding carboxylic acids is 1. The van der Waals surface area contributed by atoms with E-state index in [-0.39, 0.29) is 5.78 Å². The van der Waals surface area contributed by atoms with E-state index in [1.807, 2.05) is 13.8 Å². The van der Waals surface area contributed by atoms with Gasteiger partial charge in [-0.3, -0.25) is 14.4 Å². The lowest BCUT2D eigenvalue weighted by atomic mass is 9.93. The summed E-state index contributed by atoms with van der Waals surface area (Å²) >= 11 is 6.04. The van der Waals surface area contributed by atoms with Gasteiger partial charge in [0.1, 0.15) is 5.69 Å². The van der Waals surface area contributed by atoms with Crippen molar-refractivity contribution in [3.8, 4) is 0 Å². The smallest absolute Gasteiger partial charge is 0.201 e. The molecule has 0 bridgehead atoms. The molecule has 0 aliphatic carbocycles. The maximum absolute atomic E-state index is 12.6. The predicted octanol–water partition coefficient (Wildman–Crippen LogP) is 1.37. The third-order valence-corrected chi connectivity index (χ3v) is 3.74. The van der Waals surface area contributed by atoms with Crippen molar-refractivity contribution >= 4 is 17.4 Å². The fourth-order valence-electron chi connectivity index (χ4n) is 2.22. The number of ketones is 1. The van der Waals surface area contributed by atoms with Gasteiger partial charge in [0.25, 0.3) is 0 Å². The van der Waals surface area contributed by atoms with E-state index in [4.69, 9.17) is 16.3 Å². The third-order valence-electron chi connectivity index (χ3n) is 3.47. The van der Waals surface area contributed by atoms with Crippen LogP contribution in [-0.4, -0.2) is 52.3 Å². The average Bonchev–Trinajstić information content (AvgIpc) is 2.69. The first-order chi connectivity index (χ1) is 8.44. The van der Waals surface area contributed by atoms with Gasteiger partial charge in [0, 0.05) is 20.1 Å². The first kappa shape index (κ1) is 13.5. The summed E-state index contributed by atoms with van der Waals surface area (Å²) in [5.74, 6) is -0.00519. The van der Waals surface area contributed by atoms with E-state index in [0.717, 1.165) is 13.1 Å². The Hall–Kier alpha value is -0.910. The van der Waals surface area contributed by atoms with Crippen LogP contribution in [0.1, 0.15) is 24.3 Å². The molecule has 18 heavy (non-hydrogen) atoms. The Morgan fingerprint density at radius 2 is 2.06 bits per heavy atom. The summed E-state index contributed by atoms with van der Waals surface area (Å²) in [5, 5.41) is 4.42. The summed E-state index contributed by atoms with van der Waals surface area (Å²) in [6.45, 7) is 6.68. The third kappa shape index (κ3) is 2.30. The molecule has 1 fully saturated rings. The highest BCUT2D eigenvalue weighted by molar-refractivity contribution is 6.34. The molecule has 0 atom stereocenters. The second kappa shape index (κ2) is 4.99. The second-order valence-electron chi connectivity index (χ2n) is 4.95. The van der Waals surface area contributed by atoms with Crippen molar-refractivity contribution in [1.82, 2.24) is 14.7 Å². The average molecular weight is 272 g/mol. The number of ether oxygens (including phenoxy) is 1. The molecule has 1 aliphatic heterocycles. The maximum Gasteiger partial charge on any atom is 0.201 e. The SMILES string of the molecule is Cn1ncc(Cl)c1C(=O)C(C)(C)N1CCOCC1. The van der Waals surface area contributed by atoms with Crippen molar-refractivity contribution in [3.63, 3.8) is 0 Å². The second-order valence-corrected chi connectivity index (χ2v) is 5.36. The van der Waals surface area contributed by atoms with Crippen molar-refractivity contribution in [2.24, 2.45) is 7.05 Å². The number of hydrogen-bond donors (Lipinski definition) is 0. The minimum absolute atomic E-state index is 0.00519. The van der Waals surface area contributed by atoms with Crippen LogP contribution >= 0.6 is 11.6 Å². The van der Waals surface area contributed by atoms with Gasteiger partial charge in [-0.05, 0) is 13.8 Å². The number of rotatable bonds is 3. The number of hydrogen-bond acceptors (Lipinski definition) is 4. The van der Waals surface area contributed by atoms with Crippen molar-refractivity contribution in [2.75, 3.05) is 26.3 Å². The molecule has 0 amide bonds. The molecule has 0 aromatic carbocycles. The molecule has 2 heterocycles. The topological polar surface area (TPSA) is 47.4 Å². The van der Waals surface area contributed by atoms with Crippen LogP contribution in [0.3, 0.4) is 0 Å². The van der Waals surface area contributed by atoms with Gasteiger partial charge in [0.2, 0.25) is 5.78 Å². The van der Waals surface area contributed by atoms with Crippen LogP contribution in [0.2, 0.25) is 5.02 Å². The summed E-state index contributed by atoms with van der Waals surface area (Å²) in [4.78, 5) is 14.8. The van der Waals surface area contributed by atoms with Gasteiger partial charge in [-0.15, -0.1) is 0 Å². The number of morpholine rings is 1. The fraction of sp³-hybridized carbons (Fsp3) is 0.667. The van der Waals surface area contributed by atoms with Gasteiger partial charge in [-0.1, -0.05) is 11.6 Å². The maximum atomic E-state index is 12.6. The number of halogens is 1. The number of aromatic nitrogens is 2. The fourth-order valence-corrected chi connectivity index (χ4v) is 2.47. The zero-order chi connectivity index (χ0) is 13.3. The molecule has 2 rings (SSSR count). The van der Waals surface area contributed by atoms with Crippen molar-refractivity contribution < 1.29 is 9.53 Å². The van der Waals surface area contributed by atoms with E-state index in [1.165, 1.54) is 10.9 Å². The lowest BCUT2D eigenvalue weighted by Crippen LogP contribution is -2.54. The molecule has 1 saturated heterocycles. The van der Waals surface area contributed by atoms with Crippen LogP contribution in [-0.2, 0) is 11.8 Å². The first-order valence-corrected chi connectivity index (χ1v) is 6.37. The Morgan fingerprint density at radius 3 is 2.56 bits per heavy atom. The number of nitrogens with zero attached hydrogens (tertiary/aromatic N) is 3. The highest BCUT2D eigenvalue weighted by atomic mass is 35.5. The summed E-state index contributed by atoms with van der Waals surface area (Å²) in [6, 6.07) is 0. The van der Waals surface area contributed by atoms with E-state index in [0.29, 0.717) is 23.9 Å². The lowest BCUT2D eigenvalue weighted by molar-refractivity contribution is -0.00461. The standard InChI is InChI=1S/C12H18ClN3O2/c1-12(2,16-4-6-18-7-5-16)11(17)10-9(13)8-14-15(10)3/h8H,4-7H2,1-3H3. The van der Waals surface area contributed by atoms with Gasteiger partial charge >= 0.3 is 0 Å². The number of carbonyl (C=O) groups is 1. The number of aryl methyl sites for hydroxylation is 1. The Kier molecular flexibility index (Phi) is 3.75. The summed E-state index contributed by atoms with van der Waals surface area (Å²) < 4.78 is 6.85. The molecule has 6 heteroatoms. The minimum atomic E-state index is -0.596. The van der Waals surface area contributed by atoms with Gasteiger partial charge in [-0.2, -0.15) is 5.10 Å². The van der Waals surface area contributed by atoms with Gasteiger partial charge in [0.05, 0.1) is 30.0 Å². The molecule has 100 valence electrons. The first-order valence-electron chi connectivity index (χ1n) is 5.99. The Labute approximate surface area is 112 Å². The van der Waals surface area contributed by atoms with Crippen LogP contribution in [0.4, 0.5) is 0 Å². The molecular formula is C12H18ClN3O2. The molecule has 1 aliphatic rings. The largest absolute Gasteiger partial charge is 0.379 e. The van der Waals surface area contributed by atoms with E-state index in [9.17, 15) is 4.79 Å². The summed E-state index contributed by atoms with van der Waals surface area (Å²) in [5.41, 5.74) is -0.130. The van der Waals surface area contributed by atoms with Crippen LogP contribution in [0.15, 0.2) is 6.20 Å². The molecule has 0 N–H and O–H groups in total. The Balaban J connectivity index is 2.26. The molecule has 0 unspecified atom stereocenters. The van der Waals surface area contributed by atoms with Crippen LogP contribution < -0.4 is 0 Å². The molecule has 1 aromatic heterocycles. The highest BCUT2D eigenvalue weighted by Crippen LogP contribution is 2.25. The highest BCUT2D eigenvalue weighted by Gasteiger charge is 2.38. The lowest BCUT2D eigenvalue weighted by Gasteiger charge is -2.39. The van der Waals surface area contributed by atoms with E-state index >= 15 is 0 Å². The Morgan fingerprint density at radius 1 is 1.44 bits per heavy atom. The summed E-state index contributed by atoms with van der Waals surface area (Å²) in [6.07, 6.45) is 1.50. The van der Waals surface area contributed by atoms with Crippen LogP contribution in [0, 0.1) is 0 Å². The van der Waals surface area contributed by atoms with Crippen LogP contribution in [0.5, 0.6) is 0 Å². The van der Waals surface area contributed by atoms with Gasteiger partial charge < -0.3 is 4.74 Å². The van der Waals surface area contributed by atoms with Crippen molar-refractivity contribution in [3.05, 3.63) is 16.9 Å². The van der Waals surface area contributed by atoms with Gasteiger partial charge in [0.15, 0.2) is 0 Å². The van der Waals surface area contributed by atoms with E-state index in [1.54, 1.807) is 7.05 Å². The van der Waals surface area contributed by atoms with Gasteiger partial charge in [-0.25, -0.2) is 0 Å². The van der Waals surface area contributed by atoms with Crippen molar-refractivity contribution in [2.45, 2.75) is 19.4 Å². The normalized spacial score (nSPS) is 18.0. The molecular weight excluding hydrogens is 254 g/mol. The Bertz CT molecular complexity index is 431. The summed E-state index contributed by atoms with van der Waals surface area (Å²) in [7, 11) is 1.73. The number of Topliss-reactive ketones (excluding diaryl/α,β-unsaturated/α-hetero) is 1. The monoisotopic (exact) mass is 271 g/mol. The molecule has 1 aromatic rings. The molecule has 0 saturated carbocycles. The molecule has 5 nitrogen and oxygen atoms in total. The zero-order valence-corrected chi connectivity index (χ0v) is 11.7. The minimum Gasteiger partial charge on any atom is -0.379 e. The van der Waals surface area contributed by atoms with E-state index in [2.05, 4.69) is 10.00 Å². The zero-order valence-electron chi connectivity index (χ0n) is 10.9. The van der Waals surface area contributed by atoms with Crippen LogP contribution in [0.25, 0.3) is 0 Å². The predicted molar refractivity (Wildman–Crippen MR) is 69.0 cm³/mol. The molecule has 0 radical (unpaired) electrons. The molecule has 0 spiro atoms. The van der Waals surface area contributed by atoms with E-state index < -0.39 is 5.54 Å².